The van der Waals surface area contributed by atoms with Gasteiger partial charge in [-0.2, -0.15) is 10.3 Å². The van der Waals surface area contributed by atoms with Gasteiger partial charge in [-0.15, -0.1) is 5.10 Å². The number of aromatic nitrogens is 3. The number of H-pyrrole nitrogens is 1. The van der Waals surface area contributed by atoms with Gasteiger partial charge in [-0.05, 0) is 31.9 Å². The number of rotatable bonds is 1. The van der Waals surface area contributed by atoms with Crippen molar-refractivity contribution in [3.8, 4) is 11.3 Å². The lowest BCUT2D eigenvalue weighted by Crippen LogP contribution is -1.94. The summed E-state index contributed by atoms with van der Waals surface area (Å²) in [4.78, 5) is 9.00. The molecule has 0 aliphatic carbocycles. The Labute approximate surface area is 111 Å². The number of carboxylic acids is 1. The summed E-state index contributed by atoms with van der Waals surface area (Å²) in [6, 6.07) is 4.24. The Morgan fingerprint density at radius 1 is 1.21 bits per heavy atom. The van der Waals surface area contributed by atoms with Crippen LogP contribution in [0, 0.1) is 20.8 Å². The molecule has 0 amide bonds. The molecule has 102 valence electrons. The van der Waals surface area contributed by atoms with Gasteiger partial charge in [-0.1, -0.05) is 17.7 Å². The molecule has 0 radical (unpaired) electrons. The van der Waals surface area contributed by atoms with Gasteiger partial charge in [-0.3, -0.25) is 4.79 Å². The number of nitrogens with one attached hydrogen (secondary N) is 1. The SMILES string of the molecule is CC(=O)O.Cc1cc(C)c(-c2n[nH]nc2N)c(C)c1. The average molecular weight is 262 g/mol. The fourth-order valence-corrected chi connectivity index (χ4v) is 1.98. The van der Waals surface area contributed by atoms with Gasteiger partial charge in [0.2, 0.25) is 0 Å². The van der Waals surface area contributed by atoms with Crippen molar-refractivity contribution < 1.29 is 9.90 Å². The van der Waals surface area contributed by atoms with Crippen LogP contribution < -0.4 is 5.73 Å². The quantitative estimate of drug-likeness (QED) is 0.729. The van der Waals surface area contributed by atoms with Crippen molar-refractivity contribution in [2.45, 2.75) is 27.7 Å². The van der Waals surface area contributed by atoms with Crippen molar-refractivity contribution in [1.82, 2.24) is 15.4 Å². The van der Waals surface area contributed by atoms with Crippen LogP contribution in [0.2, 0.25) is 0 Å². The van der Waals surface area contributed by atoms with Gasteiger partial charge in [0.15, 0.2) is 5.82 Å². The Morgan fingerprint density at radius 2 is 1.68 bits per heavy atom. The van der Waals surface area contributed by atoms with Crippen molar-refractivity contribution in [1.29, 1.82) is 0 Å². The lowest BCUT2D eigenvalue weighted by atomic mass is 9.97. The first kappa shape index (κ1) is 14.7. The van der Waals surface area contributed by atoms with E-state index < -0.39 is 5.97 Å². The van der Waals surface area contributed by atoms with E-state index in [1.807, 2.05) is 0 Å². The maximum Gasteiger partial charge on any atom is 0.300 e. The van der Waals surface area contributed by atoms with Crippen LogP contribution in [0.1, 0.15) is 23.6 Å². The summed E-state index contributed by atoms with van der Waals surface area (Å²) < 4.78 is 0. The molecule has 0 saturated carbocycles. The van der Waals surface area contributed by atoms with Gasteiger partial charge >= 0.3 is 0 Å². The number of nitrogen functional groups attached to an aromatic ring is 1. The molecule has 0 spiro atoms. The van der Waals surface area contributed by atoms with Crippen molar-refractivity contribution in [3.05, 3.63) is 28.8 Å². The first-order valence-corrected chi connectivity index (χ1v) is 5.77. The minimum atomic E-state index is -0.833. The summed E-state index contributed by atoms with van der Waals surface area (Å²) in [5.41, 5.74) is 11.2. The van der Waals surface area contributed by atoms with E-state index in [0.29, 0.717) is 5.82 Å². The standard InChI is InChI=1S/C11H14N4.C2H4O2/c1-6-4-7(2)9(8(3)5-6)10-11(12)14-15-13-10;1-2(3)4/h4-5H,1-3H3,(H3,12,13,14,15);1H3,(H,3,4). The Hall–Kier alpha value is -2.37. The number of carboxylic acid groups (broad SMARTS) is 1. The summed E-state index contributed by atoms with van der Waals surface area (Å²) in [6.07, 6.45) is 0. The molecule has 2 rings (SSSR count). The lowest BCUT2D eigenvalue weighted by molar-refractivity contribution is -0.134. The van der Waals surface area contributed by atoms with Crippen LogP contribution in [0.25, 0.3) is 11.3 Å². The van der Waals surface area contributed by atoms with Crippen LogP contribution in [0.5, 0.6) is 0 Å². The summed E-state index contributed by atoms with van der Waals surface area (Å²) in [5.74, 6) is -0.384. The second kappa shape index (κ2) is 5.99. The summed E-state index contributed by atoms with van der Waals surface area (Å²) in [7, 11) is 0. The fraction of sp³-hybridized carbons (Fsp3) is 0.308. The summed E-state index contributed by atoms with van der Waals surface area (Å²) in [5, 5.41) is 17.9. The lowest BCUT2D eigenvalue weighted by Gasteiger charge is -2.08. The number of anilines is 1. The van der Waals surface area contributed by atoms with Crippen LogP contribution in [0.4, 0.5) is 5.82 Å². The minimum absolute atomic E-state index is 0.449. The van der Waals surface area contributed by atoms with E-state index in [2.05, 4.69) is 48.3 Å². The normalized spacial score (nSPS) is 9.68. The number of hydrogen-bond acceptors (Lipinski definition) is 4. The first-order valence-electron chi connectivity index (χ1n) is 5.77. The number of nitrogens with zero attached hydrogens (tertiary/aromatic N) is 2. The molecule has 19 heavy (non-hydrogen) atoms. The second-order valence-electron chi connectivity index (χ2n) is 4.35. The predicted octanol–water partition coefficient (Wildman–Crippen LogP) is 2.07. The number of aryl methyl sites for hydroxylation is 3. The number of aromatic amines is 1. The van der Waals surface area contributed by atoms with E-state index in [1.54, 1.807) is 0 Å². The Bertz CT molecular complexity index is 563. The number of hydrogen-bond donors (Lipinski definition) is 3. The van der Waals surface area contributed by atoms with Crippen molar-refractivity contribution in [2.75, 3.05) is 5.73 Å². The molecule has 1 aromatic carbocycles. The van der Waals surface area contributed by atoms with E-state index in [0.717, 1.165) is 18.2 Å². The zero-order valence-electron chi connectivity index (χ0n) is 11.5. The van der Waals surface area contributed by atoms with E-state index >= 15 is 0 Å². The minimum Gasteiger partial charge on any atom is -0.481 e. The molecular formula is C13H18N4O2. The fourth-order valence-electron chi connectivity index (χ4n) is 1.98. The van der Waals surface area contributed by atoms with Crippen LogP contribution in [0.3, 0.4) is 0 Å². The van der Waals surface area contributed by atoms with Crippen LogP contribution in [-0.4, -0.2) is 26.5 Å². The highest BCUT2D eigenvalue weighted by Crippen LogP contribution is 2.29. The monoisotopic (exact) mass is 262 g/mol. The number of nitrogens with two attached hydrogens (primary N) is 1. The molecule has 6 heteroatoms. The third kappa shape index (κ3) is 3.80. The van der Waals surface area contributed by atoms with Crippen molar-refractivity contribution in [2.24, 2.45) is 0 Å². The van der Waals surface area contributed by atoms with E-state index in [1.165, 1.54) is 16.7 Å². The zero-order valence-corrected chi connectivity index (χ0v) is 11.5. The third-order valence-corrected chi connectivity index (χ3v) is 2.49. The molecule has 4 N–H and O–H groups in total. The Kier molecular flexibility index (Phi) is 4.63. The maximum atomic E-state index is 9.00. The topological polar surface area (TPSA) is 105 Å². The van der Waals surface area contributed by atoms with Gasteiger partial charge in [-0.25, -0.2) is 0 Å². The van der Waals surface area contributed by atoms with E-state index in [-0.39, 0.29) is 0 Å². The van der Waals surface area contributed by atoms with Crippen LogP contribution in [0.15, 0.2) is 12.1 Å². The van der Waals surface area contributed by atoms with Crippen molar-refractivity contribution >= 4 is 11.8 Å². The molecule has 1 aromatic heterocycles. The Morgan fingerprint density at radius 3 is 2.05 bits per heavy atom. The average Bonchev–Trinajstić information content (AvgIpc) is 2.62. The number of aliphatic carboxylic acids is 1. The summed E-state index contributed by atoms with van der Waals surface area (Å²) >= 11 is 0. The smallest absolute Gasteiger partial charge is 0.300 e. The molecule has 0 unspecified atom stereocenters. The maximum absolute atomic E-state index is 9.00. The largest absolute Gasteiger partial charge is 0.481 e. The molecule has 6 nitrogen and oxygen atoms in total. The number of benzene rings is 1. The second-order valence-corrected chi connectivity index (χ2v) is 4.35. The van der Waals surface area contributed by atoms with Gasteiger partial charge in [0, 0.05) is 12.5 Å². The molecule has 0 aliphatic rings. The van der Waals surface area contributed by atoms with Crippen molar-refractivity contribution in [3.63, 3.8) is 0 Å². The molecule has 0 aliphatic heterocycles. The zero-order chi connectivity index (χ0) is 14.6. The van der Waals surface area contributed by atoms with Gasteiger partial charge in [0.05, 0.1) is 0 Å². The highest BCUT2D eigenvalue weighted by molar-refractivity contribution is 5.75. The van der Waals surface area contributed by atoms with Gasteiger partial charge in [0.25, 0.3) is 5.97 Å². The molecule has 2 aromatic rings. The molecule has 0 bridgehead atoms. The van der Waals surface area contributed by atoms with E-state index in [9.17, 15) is 0 Å². The Balaban J connectivity index is 0.000000399. The molecule has 1 heterocycles. The molecule has 0 saturated heterocycles. The van der Waals surface area contributed by atoms with Crippen LogP contribution in [-0.2, 0) is 4.79 Å². The number of carbonyl (C=O) groups is 1. The van der Waals surface area contributed by atoms with E-state index in [4.69, 9.17) is 15.6 Å². The van der Waals surface area contributed by atoms with Crippen LogP contribution >= 0.6 is 0 Å². The predicted molar refractivity (Wildman–Crippen MR) is 73.8 cm³/mol. The molecular weight excluding hydrogens is 244 g/mol. The van der Waals surface area contributed by atoms with Gasteiger partial charge in [0.1, 0.15) is 5.69 Å². The molecule has 0 atom stereocenters. The third-order valence-electron chi connectivity index (χ3n) is 2.49. The van der Waals surface area contributed by atoms with Gasteiger partial charge < -0.3 is 10.8 Å². The highest BCUT2D eigenvalue weighted by atomic mass is 16.4. The summed E-state index contributed by atoms with van der Waals surface area (Å²) in [6.45, 7) is 7.28. The molecule has 0 fully saturated rings. The highest BCUT2D eigenvalue weighted by Gasteiger charge is 2.12. The first-order chi connectivity index (χ1) is 8.82.